The number of aromatic amines is 1. The first-order chi connectivity index (χ1) is 12.8. The van der Waals surface area contributed by atoms with Crippen molar-refractivity contribution in [1.82, 2.24) is 20.0 Å². The molecule has 1 saturated carbocycles. The second-order valence-corrected chi connectivity index (χ2v) is 7.07. The average Bonchev–Trinajstić information content (AvgIpc) is 3.03. The van der Waals surface area contributed by atoms with Crippen molar-refractivity contribution >= 4 is 23.3 Å². The molecule has 2 heterocycles. The first-order valence-electron chi connectivity index (χ1n) is 8.38. The summed E-state index contributed by atoms with van der Waals surface area (Å²) in [5.74, 6) is -4.10. The van der Waals surface area contributed by atoms with Crippen LogP contribution >= 0.6 is 11.6 Å². The molecule has 0 radical (unpaired) electrons. The predicted octanol–water partition coefficient (Wildman–Crippen LogP) is 4.11. The lowest BCUT2D eigenvalue weighted by atomic mass is 10.0. The molecular weight excluding hydrogens is 376 g/mol. The number of halogens is 3. The first-order valence-corrected chi connectivity index (χ1v) is 8.76. The van der Waals surface area contributed by atoms with E-state index in [0.29, 0.717) is 16.3 Å². The molecule has 4 rings (SSSR count). The molecule has 1 unspecified atom stereocenters. The van der Waals surface area contributed by atoms with Gasteiger partial charge < -0.3 is 5.32 Å². The van der Waals surface area contributed by atoms with Crippen LogP contribution in [0.3, 0.4) is 0 Å². The monoisotopic (exact) mass is 391 g/mol. The Morgan fingerprint density at radius 1 is 1.44 bits per heavy atom. The van der Waals surface area contributed by atoms with E-state index in [9.17, 15) is 13.6 Å². The fourth-order valence-electron chi connectivity index (χ4n) is 2.84. The van der Waals surface area contributed by atoms with Crippen LogP contribution in [-0.2, 0) is 4.79 Å². The number of anilines is 1. The summed E-state index contributed by atoms with van der Waals surface area (Å²) in [6, 6.07) is 8.65. The predicted molar refractivity (Wildman–Crippen MR) is 96.5 cm³/mol. The van der Waals surface area contributed by atoms with Gasteiger partial charge in [-0.1, -0.05) is 17.7 Å². The van der Waals surface area contributed by atoms with Gasteiger partial charge in [-0.05, 0) is 25.1 Å². The maximum Gasteiger partial charge on any atom is 0.257 e. The average molecular weight is 392 g/mol. The minimum Gasteiger partial charge on any atom is -0.309 e. The van der Waals surface area contributed by atoms with Crippen molar-refractivity contribution < 1.29 is 13.6 Å². The Labute approximate surface area is 158 Å². The van der Waals surface area contributed by atoms with Crippen LogP contribution in [0.15, 0.2) is 42.7 Å². The molecule has 2 atom stereocenters. The van der Waals surface area contributed by atoms with Crippen molar-refractivity contribution in [3.63, 3.8) is 0 Å². The van der Waals surface area contributed by atoms with Gasteiger partial charge in [0, 0.05) is 35.0 Å². The van der Waals surface area contributed by atoms with Crippen molar-refractivity contribution in [3.05, 3.63) is 59.0 Å². The van der Waals surface area contributed by atoms with E-state index in [1.54, 1.807) is 36.1 Å². The molecule has 27 heavy (non-hydrogen) atoms. The van der Waals surface area contributed by atoms with Gasteiger partial charge in [-0.15, -0.1) is 0 Å². The third-order valence-corrected chi connectivity index (χ3v) is 4.85. The summed E-state index contributed by atoms with van der Waals surface area (Å²) >= 11 is 5.99. The fraction of sp³-hybridized carbons (Fsp3) is 0.278. The third kappa shape index (κ3) is 3.57. The van der Waals surface area contributed by atoms with Gasteiger partial charge in [0.2, 0.25) is 5.91 Å². The molecule has 1 fully saturated rings. The quantitative estimate of drug-likeness (QED) is 0.687. The molecule has 0 aliphatic heterocycles. The highest BCUT2D eigenvalue weighted by atomic mass is 35.5. The normalized spacial score (nSPS) is 18.9. The number of alkyl halides is 2. The second-order valence-electron chi connectivity index (χ2n) is 6.64. The van der Waals surface area contributed by atoms with Crippen LogP contribution in [0.25, 0.3) is 5.69 Å². The zero-order valence-corrected chi connectivity index (χ0v) is 15.0. The van der Waals surface area contributed by atoms with E-state index in [1.807, 2.05) is 12.1 Å². The largest absolute Gasteiger partial charge is 0.309 e. The summed E-state index contributed by atoms with van der Waals surface area (Å²) in [5.41, 5.74) is 1.82. The zero-order valence-electron chi connectivity index (χ0n) is 14.3. The topological polar surface area (TPSA) is 75.6 Å². The Morgan fingerprint density at radius 3 is 2.93 bits per heavy atom. The maximum absolute atomic E-state index is 13.1. The molecule has 1 amide bonds. The number of carbonyl (C=O) groups excluding carboxylic acids is 1. The van der Waals surface area contributed by atoms with Crippen LogP contribution in [0.4, 0.5) is 14.6 Å². The highest BCUT2D eigenvalue weighted by Crippen LogP contribution is 2.55. The summed E-state index contributed by atoms with van der Waals surface area (Å²) < 4.78 is 27.9. The van der Waals surface area contributed by atoms with Crippen molar-refractivity contribution in [3.8, 4) is 5.69 Å². The molecule has 0 saturated heterocycles. The summed E-state index contributed by atoms with van der Waals surface area (Å²) in [7, 11) is 0. The summed E-state index contributed by atoms with van der Waals surface area (Å²) in [6.07, 6.45) is 3.16. The lowest BCUT2D eigenvalue weighted by Crippen LogP contribution is -2.18. The Kier molecular flexibility index (Phi) is 4.22. The first kappa shape index (κ1) is 17.7. The van der Waals surface area contributed by atoms with Crippen molar-refractivity contribution in [2.75, 3.05) is 5.32 Å². The van der Waals surface area contributed by atoms with E-state index in [-0.39, 0.29) is 18.1 Å². The van der Waals surface area contributed by atoms with Crippen LogP contribution in [0.5, 0.6) is 0 Å². The number of nitrogens with one attached hydrogen (secondary N) is 2. The van der Waals surface area contributed by atoms with Gasteiger partial charge in [0.05, 0.1) is 23.7 Å². The number of hydrogen-bond donors (Lipinski definition) is 2. The number of rotatable bonds is 5. The fourth-order valence-corrected chi connectivity index (χ4v) is 3.02. The molecular formula is C18H16ClF2N5O. The number of amides is 1. The van der Waals surface area contributed by atoms with Crippen molar-refractivity contribution in [2.45, 2.75) is 31.1 Å². The third-order valence-electron chi connectivity index (χ3n) is 4.62. The van der Waals surface area contributed by atoms with Gasteiger partial charge in [0.15, 0.2) is 5.82 Å². The molecule has 2 aromatic heterocycles. The van der Waals surface area contributed by atoms with Crippen LogP contribution in [0, 0.1) is 0 Å². The van der Waals surface area contributed by atoms with E-state index in [1.165, 1.54) is 6.07 Å². The van der Waals surface area contributed by atoms with E-state index < -0.39 is 17.8 Å². The number of hydrogen-bond acceptors (Lipinski definition) is 3. The minimum absolute atomic E-state index is 0.193. The van der Waals surface area contributed by atoms with Crippen LogP contribution in [0.1, 0.15) is 36.4 Å². The van der Waals surface area contributed by atoms with Crippen LogP contribution in [-0.4, -0.2) is 31.8 Å². The number of nitrogens with zero attached hydrogens (tertiary/aromatic N) is 3. The molecule has 2 N–H and O–H groups in total. The minimum atomic E-state index is -2.68. The summed E-state index contributed by atoms with van der Waals surface area (Å²) in [5, 5.41) is 14.0. The zero-order chi connectivity index (χ0) is 19.2. The summed E-state index contributed by atoms with van der Waals surface area (Å²) in [4.78, 5) is 12.5. The van der Waals surface area contributed by atoms with Crippen LogP contribution in [0.2, 0.25) is 5.02 Å². The molecule has 1 aliphatic carbocycles. The number of H-pyrrole nitrogens is 1. The molecule has 0 bridgehead atoms. The molecule has 0 spiro atoms. The van der Waals surface area contributed by atoms with Crippen LogP contribution < -0.4 is 5.32 Å². The lowest BCUT2D eigenvalue weighted by Gasteiger charge is -2.08. The molecule has 1 aliphatic rings. The highest BCUT2D eigenvalue weighted by Gasteiger charge is 2.58. The highest BCUT2D eigenvalue weighted by molar-refractivity contribution is 6.30. The Bertz CT molecular complexity index is 999. The van der Waals surface area contributed by atoms with Gasteiger partial charge in [-0.3, -0.25) is 9.89 Å². The second kappa shape index (κ2) is 6.45. The SMILES string of the molecule is CC(C(=O)Nc1cc([C@H]2CC2(F)F)[nH]n1)c1cnn(-c2cccc(Cl)c2)c1. The Hall–Kier alpha value is -2.74. The van der Waals surface area contributed by atoms with E-state index in [0.717, 1.165) is 5.69 Å². The Morgan fingerprint density at radius 2 is 2.22 bits per heavy atom. The number of carbonyl (C=O) groups is 1. The van der Waals surface area contributed by atoms with E-state index in [2.05, 4.69) is 20.6 Å². The van der Waals surface area contributed by atoms with Gasteiger partial charge in [-0.2, -0.15) is 10.2 Å². The van der Waals surface area contributed by atoms with Gasteiger partial charge >= 0.3 is 0 Å². The lowest BCUT2D eigenvalue weighted by molar-refractivity contribution is -0.117. The molecule has 6 nitrogen and oxygen atoms in total. The molecule has 3 aromatic rings. The van der Waals surface area contributed by atoms with Crippen molar-refractivity contribution in [2.24, 2.45) is 0 Å². The molecule has 1 aromatic carbocycles. The van der Waals surface area contributed by atoms with Crippen molar-refractivity contribution in [1.29, 1.82) is 0 Å². The van der Waals surface area contributed by atoms with E-state index >= 15 is 0 Å². The summed E-state index contributed by atoms with van der Waals surface area (Å²) in [6.45, 7) is 1.73. The smallest absolute Gasteiger partial charge is 0.257 e. The van der Waals surface area contributed by atoms with Gasteiger partial charge in [0.25, 0.3) is 5.92 Å². The van der Waals surface area contributed by atoms with Gasteiger partial charge in [-0.25, -0.2) is 13.5 Å². The van der Waals surface area contributed by atoms with Gasteiger partial charge in [0.1, 0.15) is 0 Å². The standard InChI is InChI=1S/C18H16ClF2N5O/c1-10(11-8-22-26(9-11)13-4-2-3-12(19)5-13)17(27)23-16-6-15(24-25-16)14-7-18(14,20)21/h2-6,8-10,14H,7H2,1H3,(H2,23,24,25,27)/t10?,14-/m1/s1. The molecule has 9 heteroatoms. The maximum atomic E-state index is 13.1. The Balaban J connectivity index is 1.44. The number of benzene rings is 1. The number of aromatic nitrogens is 4. The molecule has 140 valence electrons. The van der Waals surface area contributed by atoms with E-state index in [4.69, 9.17) is 11.6 Å².